The molecule has 0 aromatic heterocycles. The minimum atomic E-state index is -0.612. The van der Waals surface area contributed by atoms with E-state index in [0.29, 0.717) is 22.7 Å². The molecule has 102 valence electrons. The van der Waals surface area contributed by atoms with Gasteiger partial charge < -0.3 is 15.2 Å². The maximum absolute atomic E-state index is 13.0. The lowest BCUT2D eigenvalue weighted by Gasteiger charge is -2.15. The molecular weight excluding hydrogens is 301 g/mol. The fourth-order valence-electron chi connectivity index (χ4n) is 1.37. The first-order chi connectivity index (χ1) is 8.49. The van der Waals surface area contributed by atoms with Gasteiger partial charge in [0, 0.05) is 12.6 Å². The highest BCUT2D eigenvalue weighted by Crippen LogP contribution is 2.25. The SMILES string of the molecule is CC(C)CNCC(O)COc1cc(F)ccc1Br. The standard InChI is InChI=1S/C13H19BrFNO2/c1-9(2)6-16-7-11(17)8-18-13-5-10(15)3-4-12(13)14/h3-5,9,11,16-17H,6-8H2,1-2H3. The zero-order valence-electron chi connectivity index (χ0n) is 10.6. The molecule has 0 saturated carbocycles. The molecule has 0 amide bonds. The van der Waals surface area contributed by atoms with Gasteiger partial charge in [0.1, 0.15) is 24.3 Å². The summed E-state index contributed by atoms with van der Waals surface area (Å²) in [7, 11) is 0. The van der Waals surface area contributed by atoms with Crippen molar-refractivity contribution in [3.63, 3.8) is 0 Å². The lowest BCUT2D eigenvalue weighted by Crippen LogP contribution is -2.33. The number of ether oxygens (including phenoxy) is 1. The van der Waals surface area contributed by atoms with E-state index >= 15 is 0 Å². The average molecular weight is 320 g/mol. The summed E-state index contributed by atoms with van der Waals surface area (Å²) in [4.78, 5) is 0. The van der Waals surface area contributed by atoms with Gasteiger partial charge in [-0.3, -0.25) is 0 Å². The average Bonchev–Trinajstić information content (AvgIpc) is 2.30. The summed E-state index contributed by atoms with van der Waals surface area (Å²) in [5, 5.41) is 12.8. The smallest absolute Gasteiger partial charge is 0.136 e. The van der Waals surface area contributed by atoms with Crippen LogP contribution in [0.3, 0.4) is 0 Å². The van der Waals surface area contributed by atoms with Crippen LogP contribution in [-0.2, 0) is 0 Å². The molecule has 1 atom stereocenters. The zero-order valence-corrected chi connectivity index (χ0v) is 12.2. The van der Waals surface area contributed by atoms with Crippen LogP contribution in [0.4, 0.5) is 4.39 Å². The second-order valence-electron chi connectivity index (χ2n) is 4.59. The number of halogens is 2. The van der Waals surface area contributed by atoms with Crippen LogP contribution in [0.2, 0.25) is 0 Å². The van der Waals surface area contributed by atoms with Gasteiger partial charge in [0.15, 0.2) is 0 Å². The number of aliphatic hydroxyl groups is 1. The van der Waals surface area contributed by atoms with Crippen LogP contribution >= 0.6 is 15.9 Å². The van der Waals surface area contributed by atoms with Gasteiger partial charge in [-0.2, -0.15) is 0 Å². The quantitative estimate of drug-likeness (QED) is 0.811. The van der Waals surface area contributed by atoms with Gasteiger partial charge in [0.2, 0.25) is 0 Å². The lowest BCUT2D eigenvalue weighted by atomic mass is 10.2. The largest absolute Gasteiger partial charge is 0.490 e. The highest BCUT2D eigenvalue weighted by Gasteiger charge is 2.08. The second kappa shape index (κ2) is 7.71. The predicted molar refractivity (Wildman–Crippen MR) is 73.3 cm³/mol. The number of aliphatic hydroxyl groups excluding tert-OH is 1. The van der Waals surface area contributed by atoms with Crippen LogP contribution in [0.15, 0.2) is 22.7 Å². The molecule has 5 heteroatoms. The van der Waals surface area contributed by atoms with E-state index in [1.807, 2.05) is 0 Å². The van der Waals surface area contributed by atoms with Crippen molar-refractivity contribution in [1.82, 2.24) is 5.32 Å². The van der Waals surface area contributed by atoms with Gasteiger partial charge in [-0.1, -0.05) is 13.8 Å². The van der Waals surface area contributed by atoms with E-state index in [-0.39, 0.29) is 12.4 Å². The second-order valence-corrected chi connectivity index (χ2v) is 5.45. The molecule has 3 nitrogen and oxygen atoms in total. The van der Waals surface area contributed by atoms with Crippen LogP contribution < -0.4 is 10.1 Å². The Kier molecular flexibility index (Phi) is 6.60. The third-order valence-electron chi connectivity index (χ3n) is 2.26. The molecule has 0 aliphatic rings. The predicted octanol–water partition coefficient (Wildman–Crippen LogP) is 2.57. The lowest BCUT2D eigenvalue weighted by molar-refractivity contribution is 0.105. The fourth-order valence-corrected chi connectivity index (χ4v) is 1.73. The number of hydrogen-bond acceptors (Lipinski definition) is 3. The maximum atomic E-state index is 13.0. The Labute approximate surface area is 115 Å². The van der Waals surface area contributed by atoms with Gasteiger partial charge in [-0.05, 0) is 40.5 Å². The van der Waals surface area contributed by atoms with Crippen molar-refractivity contribution in [1.29, 1.82) is 0 Å². The van der Waals surface area contributed by atoms with Crippen molar-refractivity contribution in [2.75, 3.05) is 19.7 Å². The van der Waals surface area contributed by atoms with Crippen molar-refractivity contribution < 1.29 is 14.2 Å². The molecule has 0 fully saturated rings. The summed E-state index contributed by atoms with van der Waals surface area (Å²) in [6.07, 6.45) is -0.612. The molecule has 1 rings (SSSR count). The van der Waals surface area contributed by atoms with E-state index in [2.05, 4.69) is 35.1 Å². The summed E-state index contributed by atoms with van der Waals surface area (Å²) in [5.74, 6) is 0.578. The molecular formula is C13H19BrFNO2. The van der Waals surface area contributed by atoms with Crippen LogP contribution in [0.1, 0.15) is 13.8 Å². The van der Waals surface area contributed by atoms with Gasteiger partial charge in [-0.25, -0.2) is 4.39 Å². The van der Waals surface area contributed by atoms with E-state index in [9.17, 15) is 9.50 Å². The number of nitrogens with one attached hydrogen (secondary N) is 1. The van der Waals surface area contributed by atoms with Crippen molar-refractivity contribution in [2.45, 2.75) is 20.0 Å². The first-order valence-electron chi connectivity index (χ1n) is 5.95. The molecule has 0 saturated heterocycles. The molecule has 0 aliphatic heterocycles. The van der Waals surface area contributed by atoms with Crippen LogP contribution in [0, 0.1) is 11.7 Å². The molecule has 0 heterocycles. The molecule has 1 aromatic rings. The topological polar surface area (TPSA) is 41.5 Å². The summed E-state index contributed by atoms with van der Waals surface area (Å²) in [5.41, 5.74) is 0. The van der Waals surface area contributed by atoms with E-state index < -0.39 is 6.10 Å². The number of benzene rings is 1. The Morgan fingerprint density at radius 3 is 2.78 bits per heavy atom. The van der Waals surface area contributed by atoms with E-state index in [1.54, 1.807) is 6.07 Å². The van der Waals surface area contributed by atoms with Gasteiger partial charge in [-0.15, -0.1) is 0 Å². The summed E-state index contributed by atoms with van der Waals surface area (Å²) in [6, 6.07) is 4.21. The van der Waals surface area contributed by atoms with Gasteiger partial charge >= 0.3 is 0 Å². The van der Waals surface area contributed by atoms with Crippen molar-refractivity contribution in [2.24, 2.45) is 5.92 Å². The molecule has 18 heavy (non-hydrogen) atoms. The zero-order chi connectivity index (χ0) is 13.5. The molecule has 1 aromatic carbocycles. The third kappa shape index (κ3) is 5.80. The van der Waals surface area contributed by atoms with Crippen LogP contribution in [-0.4, -0.2) is 30.9 Å². The molecule has 0 aliphatic carbocycles. The minimum Gasteiger partial charge on any atom is -0.490 e. The van der Waals surface area contributed by atoms with Crippen molar-refractivity contribution >= 4 is 15.9 Å². The summed E-state index contributed by atoms with van der Waals surface area (Å²) >= 11 is 3.26. The van der Waals surface area contributed by atoms with Crippen molar-refractivity contribution in [3.05, 3.63) is 28.5 Å². The van der Waals surface area contributed by atoms with E-state index in [4.69, 9.17) is 4.74 Å². The van der Waals surface area contributed by atoms with Gasteiger partial charge in [0.05, 0.1) is 4.47 Å². The van der Waals surface area contributed by atoms with Crippen molar-refractivity contribution in [3.8, 4) is 5.75 Å². The first kappa shape index (κ1) is 15.4. The summed E-state index contributed by atoms with van der Waals surface area (Å²) < 4.78 is 19.0. The Bertz CT molecular complexity index is 374. The molecule has 1 unspecified atom stereocenters. The normalized spacial score (nSPS) is 12.8. The van der Waals surface area contributed by atoms with Crippen LogP contribution in [0.25, 0.3) is 0 Å². The molecule has 0 spiro atoms. The van der Waals surface area contributed by atoms with Crippen LogP contribution in [0.5, 0.6) is 5.75 Å². The highest BCUT2D eigenvalue weighted by molar-refractivity contribution is 9.10. The molecule has 2 N–H and O–H groups in total. The fraction of sp³-hybridized carbons (Fsp3) is 0.538. The maximum Gasteiger partial charge on any atom is 0.136 e. The highest BCUT2D eigenvalue weighted by atomic mass is 79.9. The molecule has 0 bridgehead atoms. The summed E-state index contributed by atoms with van der Waals surface area (Å²) in [6.45, 7) is 5.64. The van der Waals surface area contributed by atoms with E-state index in [1.165, 1.54) is 12.1 Å². The number of rotatable bonds is 7. The Hall–Kier alpha value is -0.650. The Morgan fingerprint density at radius 1 is 1.39 bits per heavy atom. The Morgan fingerprint density at radius 2 is 2.11 bits per heavy atom. The van der Waals surface area contributed by atoms with Gasteiger partial charge in [0.25, 0.3) is 0 Å². The first-order valence-corrected chi connectivity index (χ1v) is 6.75. The minimum absolute atomic E-state index is 0.132. The molecule has 0 radical (unpaired) electrons. The van der Waals surface area contributed by atoms with E-state index in [0.717, 1.165) is 6.54 Å². The third-order valence-corrected chi connectivity index (χ3v) is 2.91. The monoisotopic (exact) mass is 319 g/mol. The Balaban J connectivity index is 2.33. The number of hydrogen-bond donors (Lipinski definition) is 2.